The minimum atomic E-state index is -0.303. The summed E-state index contributed by atoms with van der Waals surface area (Å²) in [6.45, 7) is 2.51. The van der Waals surface area contributed by atoms with E-state index in [9.17, 15) is 4.79 Å². The first-order valence-electron chi connectivity index (χ1n) is 7.49. The second-order valence-corrected chi connectivity index (χ2v) is 6.57. The number of nitrogens with one attached hydrogen (secondary N) is 1. The molecule has 1 N–H and O–H groups in total. The highest BCUT2D eigenvalue weighted by Gasteiger charge is 2.23. The molecule has 1 heterocycles. The van der Waals surface area contributed by atoms with Gasteiger partial charge in [0, 0.05) is 7.05 Å². The molecule has 1 atom stereocenters. The van der Waals surface area contributed by atoms with Gasteiger partial charge < -0.3 is 9.88 Å². The van der Waals surface area contributed by atoms with Crippen LogP contribution in [0.4, 0.5) is 0 Å². The molecule has 0 fully saturated rings. The van der Waals surface area contributed by atoms with Crippen LogP contribution in [-0.2, 0) is 18.4 Å². The van der Waals surface area contributed by atoms with E-state index in [1.807, 2.05) is 68.2 Å². The molecule has 0 spiro atoms. The van der Waals surface area contributed by atoms with Crippen LogP contribution in [0.15, 0.2) is 35.6 Å². The second kappa shape index (κ2) is 7.66. The number of benzene rings is 1. The van der Waals surface area contributed by atoms with Crippen LogP contribution in [0.5, 0.6) is 0 Å². The molecule has 0 aliphatic heterocycles. The Morgan fingerprint density at radius 2 is 2.17 bits per heavy atom. The summed E-state index contributed by atoms with van der Waals surface area (Å²) >= 11 is 1.59. The fourth-order valence-electron chi connectivity index (χ4n) is 2.58. The van der Waals surface area contributed by atoms with Crippen LogP contribution in [0, 0.1) is 6.92 Å². The number of thioether (sulfide) groups is 1. The van der Waals surface area contributed by atoms with Gasteiger partial charge >= 0.3 is 0 Å². The van der Waals surface area contributed by atoms with E-state index in [4.69, 9.17) is 0 Å². The highest BCUT2D eigenvalue weighted by molar-refractivity contribution is 7.98. The Morgan fingerprint density at radius 3 is 2.74 bits per heavy atom. The third-order valence-electron chi connectivity index (χ3n) is 3.79. The molecule has 5 nitrogen and oxygen atoms in total. The average Bonchev–Trinajstić information content (AvgIpc) is 2.85. The molecule has 1 aromatic carbocycles. The number of hydrogen-bond donors (Lipinski definition) is 1. The van der Waals surface area contributed by atoms with Crippen molar-refractivity contribution in [2.75, 3.05) is 20.4 Å². The highest BCUT2D eigenvalue weighted by atomic mass is 32.2. The quantitative estimate of drug-likeness (QED) is 0.825. The van der Waals surface area contributed by atoms with Crippen molar-refractivity contribution in [3.63, 3.8) is 0 Å². The maximum atomic E-state index is 12.7. The standard InChI is InChI=1S/C17H24N4OS/c1-12-7-6-8-13(9-12)15(20(2)3)16(22)18-10-14-11-19-17(23-5)21(14)4/h6-9,11,15H,10H2,1-5H3,(H,18,22)/t15-/m0/s1. The van der Waals surface area contributed by atoms with E-state index in [0.29, 0.717) is 6.54 Å². The zero-order chi connectivity index (χ0) is 17.0. The zero-order valence-corrected chi connectivity index (χ0v) is 15.1. The topological polar surface area (TPSA) is 50.2 Å². The van der Waals surface area contributed by atoms with Gasteiger partial charge in [-0.1, -0.05) is 41.6 Å². The van der Waals surface area contributed by atoms with E-state index in [-0.39, 0.29) is 11.9 Å². The lowest BCUT2D eigenvalue weighted by molar-refractivity contribution is -0.126. The lowest BCUT2D eigenvalue weighted by Crippen LogP contribution is -2.37. The van der Waals surface area contributed by atoms with Crippen molar-refractivity contribution < 1.29 is 4.79 Å². The van der Waals surface area contributed by atoms with E-state index in [2.05, 4.69) is 16.4 Å². The first-order chi connectivity index (χ1) is 10.9. The fourth-order valence-corrected chi connectivity index (χ4v) is 3.13. The number of carbonyl (C=O) groups excluding carboxylic acids is 1. The van der Waals surface area contributed by atoms with Crippen LogP contribution in [-0.4, -0.2) is 40.7 Å². The summed E-state index contributed by atoms with van der Waals surface area (Å²) in [5.74, 6) is -0.00694. The minimum absolute atomic E-state index is 0.00694. The van der Waals surface area contributed by atoms with E-state index >= 15 is 0 Å². The average molecular weight is 332 g/mol. The number of rotatable bonds is 6. The van der Waals surface area contributed by atoms with E-state index in [1.54, 1.807) is 11.8 Å². The van der Waals surface area contributed by atoms with Gasteiger partial charge in [0.05, 0.1) is 18.4 Å². The SMILES string of the molecule is CSc1ncc(CNC(=O)[C@H](c2cccc(C)c2)N(C)C)n1C. The predicted molar refractivity (Wildman–Crippen MR) is 94.4 cm³/mol. The maximum absolute atomic E-state index is 12.7. The van der Waals surface area contributed by atoms with Gasteiger partial charge in [0.25, 0.3) is 0 Å². The Balaban J connectivity index is 2.11. The fraction of sp³-hybridized carbons (Fsp3) is 0.412. The predicted octanol–water partition coefficient (Wildman–Crippen LogP) is 2.37. The third-order valence-corrected chi connectivity index (χ3v) is 4.54. The molecule has 0 bridgehead atoms. The number of likely N-dealkylation sites (N-methyl/N-ethyl adjacent to an activating group) is 1. The number of aryl methyl sites for hydroxylation is 1. The van der Waals surface area contributed by atoms with E-state index in [0.717, 1.165) is 22.0 Å². The van der Waals surface area contributed by atoms with Gasteiger partial charge in [-0.3, -0.25) is 9.69 Å². The van der Waals surface area contributed by atoms with E-state index < -0.39 is 0 Å². The Kier molecular flexibility index (Phi) is 5.85. The molecule has 124 valence electrons. The van der Waals surface area contributed by atoms with Crippen LogP contribution in [0.25, 0.3) is 0 Å². The van der Waals surface area contributed by atoms with Crippen molar-refractivity contribution in [2.45, 2.75) is 24.7 Å². The summed E-state index contributed by atoms with van der Waals surface area (Å²) in [5.41, 5.74) is 3.14. The summed E-state index contributed by atoms with van der Waals surface area (Å²) in [6.07, 6.45) is 3.80. The lowest BCUT2D eigenvalue weighted by atomic mass is 10.0. The summed E-state index contributed by atoms with van der Waals surface area (Å²) in [4.78, 5) is 18.9. The number of carbonyl (C=O) groups is 1. The first kappa shape index (κ1) is 17.6. The van der Waals surface area contributed by atoms with Crippen molar-refractivity contribution in [2.24, 2.45) is 7.05 Å². The van der Waals surface area contributed by atoms with E-state index in [1.165, 1.54) is 0 Å². The monoisotopic (exact) mass is 332 g/mol. The maximum Gasteiger partial charge on any atom is 0.242 e. The number of imidazole rings is 1. The smallest absolute Gasteiger partial charge is 0.242 e. The number of nitrogens with zero attached hydrogens (tertiary/aromatic N) is 3. The molecule has 23 heavy (non-hydrogen) atoms. The van der Waals surface area contributed by atoms with Crippen molar-refractivity contribution in [3.05, 3.63) is 47.3 Å². The Labute approximate surface area is 142 Å². The molecule has 2 rings (SSSR count). The van der Waals surface area contributed by atoms with Gasteiger partial charge in [0.1, 0.15) is 6.04 Å². The van der Waals surface area contributed by atoms with Gasteiger partial charge in [-0.05, 0) is 32.8 Å². The van der Waals surface area contributed by atoms with Crippen molar-refractivity contribution in [1.82, 2.24) is 19.8 Å². The zero-order valence-electron chi connectivity index (χ0n) is 14.3. The molecular weight excluding hydrogens is 308 g/mol. The molecule has 0 saturated carbocycles. The largest absolute Gasteiger partial charge is 0.349 e. The van der Waals surface area contributed by atoms with Crippen molar-refractivity contribution in [1.29, 1.82) is 0 Å². The van der Waals surface area contributed by atoms with Crippen LogP contribution < -0.4 is 5.32 Å². The molecule has 0 saturated heterocycles. The Morgan fingerprint density at radius 1 is 1.43 bits per heavy atom. The molecule has 1 aromatic heterocycles. The number of amides is 1. The highest BCUT2D eigenvalue weighted by Crippen LogP contribution is 2.20. The molecule has 0 aliphatic rings. The Hall–Kier alpha value is -1.79. The lowest BCUT2D eigenvalue weighted by Gasteiger charge is -2.24. The molecular formula is C17H24N4OS. The van der Waals surface area contributed by atoms with Crippen LogP contribution >= 0.6 is 11.8 Å². The normalized spacial score (nSPS) is 12.4. The number of aromatic nitrogens is 2. The molecule has 0 aliphatic carbocycles. The first-order valence-corrected chi connectivity index (χ1v) is 8.71. The summed E-state index contributed by atoms with van der Waals surface area (Å²) in [6, 6.07) is 7.77. The van der Waals surface area contributed by atoms with Gasteiger partial charge in [-0.25, -0.2) is 4.98 Å². The van der Waals surface area contributed by atoms with Gasteiger partial charge in [0.2, 0.25) is 5.91 Å². The van der Waals surface area contributed by atoms with Gasteiger partial charge in [-0.2, -0.15) is 0 Å². The Bertz CT molecular complexity index is 681. The van der Waals surface area contributed by atoms with Crippen molar-refractivity contribution in [3.8, 4) is 0 Å². The van der Waals surface area contributed by atoms with Gasteiger partial charge in [-0.15, -0.1) is 0 Å². The summed E-state index contributed by atoms with van der Waals surface area (Å²) in [5, 5.41) is 3.97. The van der Waals surface area contributed by atoms with Gasteiger partial charge in [0.15, 0.2) is 5.16 Å². The third kappa shape index (κ3) is 4.14. The second-order valence-electron chi connectivity index (χ2n) is 5.79. The molecule has 6 heteroatoms. The van der Waals surface area contributed by atoms with Crippen molar-refractivity contribution >= 4 is 17.7 Å². The summed E-state index contributed by atoms with van der Waals surface area (Å²) < 4.78 is 2.00. The molecule has 0 radical (unpaired) electrons. The molecule has 2 aromatic rings. The molecule has 0 unspecified atom stereocenters. The van der Waals surface area contributed by atoms with Crippen LogP contribution in [0.1, 0.15) is 22.9 Å². The summed E-state index contributed by atoms with van der Waals surface area (Å²) in [7, 11) is 5.80. The van der Waals surface area contributed by atoms with Crippen LogP contribution in [0.2, 0.25) is 0 Å². The molecule has 1 amide bonds. The van der Waals surface area contributed by atoms with Crippen LogP contribution in [0.3, 0.4) is 0 Å². The number of hydrogen-bond acceptors (Lipinski definition) is 4. The minimum Gasteiger partial charge on any atom is -0.349 e.